The smallest absolute Gasteiger partial charge is 0.268 e. The first-order chi connectivity index (χ1) is 8.19. The predicted molar refractivity (Wildman–Crippen MR) is 72.8 cm³/mol. The average Bonchev–Trinajstić information content (AvgIpc) is 2.52. The number of aliphatic hydroxyl groups excluding tert-OH is 1. The summed E-state index contributed by atoms with van der Waals surface area (Å²) < 4.78 is 1.66. The number of aromatic nitrogens is 1. The topological polar surface area (TPSA) is 54.3 Å². The fourth-order valence-corrected chi connectivity index (χ4v) is 2.08. The van der Waals surface area contributed by atoms with Gasteiger partial charge in [-0.3, -0.25) is 4.79 Å². The Labute approximate surface area is 113 Å². The lowest BCUT2D eigenvalue weighted by Crippen LogP contribution is -2.34. The van der Waals surface area contributed by atoms with Crippen molar-refractivity contribution in [1.82, 2.24) is 9.88 Å². The molecule has 102 valence electrons. The highest BCUT2D eigenvalue weighted by Crippen LogP contribution is 2.20. The first-order valence-electron chi connectivity index (χ1n) is 5.97. The molecular weight excluding hydrogens is 252 g/mol. The summed E-state index contributed by atoms with van der Waals surface area (Å²) in [6.45, 7) is 6.40. The van der Waals surface area contributed by atoms with E-state index in [1.54, 1.807) is 23.9 Å². The summed E-state index contributed by atoms with van der Waals surface area (Å²) in [5.41, 5.74) is 0.529. The molecule has 1 aromatic rings. The van der Waals surface area contributed by atoms with Gasteiger partial charge in [-0.1, -0.05) is 32.4 Å². The van der Waals surface area contributed by atoms with Gasteiger partial charge < -0.3 is 15.0 Å². The maximum atomic E-state index is 11.8. The van der Waals surface area contributed by atoms with E-state index in [2.05, 4.69) is 26.1 Å². The van der Waals surface area contributed by atoms with Crippen molar-refractivity contribution in [2.45, 2.75) is 33.3 Å². The molecular formula is C13H21ClN2O2. The van der Waals surface area contributed by atoms with Crippen molar-refractivity contribution >= 4 is 17.5 Å². The standard InChI is InChI=1S/C13H21ClN2O2/c1-13(2,3)6-10(17)7-15-12(18)11-5-9(14)8-16(11)4/h5,8,10,17H,6-7H2,1-4H3,(H,15,18). The molecule has 1 unspecified atom stereocenters. The fourth-order valence-electron chi connectivity index (χ4n) is 1.83. The minimum atomic E-state index is -0.537. The van der Waals surface area contributed by atoms with E-state index in [1.807, 2.05) is 0 Å². The molecule has 1 amide bonds. The van der Waals surface area contributed by atoms with E-state index in [1.165, 1.54) is 0 Å². The molecule has 0 aromatic carbocycles. The average molecular weight is 273 g/mol. The Morgan fingerprint density at radius 1 is 1.56 bits per heavy atom. The highest BCUT2D eigenvalue weighted by Gasteiger charge is 2.18. The third-order valence-electron chi connectivity index (χ3n) is 2.55. The molecule has 18 heavy (non-hydrogen) atoms. The molecule has 0 aliphatic carbocycles. The van der Waals surface area contributed by atoms with Gasteiger partial charge in [0.15, 0.2) is 0 Å². The van der Waals surface area contributed by atoms with Gasteiger partial charge >= 0.3 is 0 Å². The number of hydrogen-bond acceptors (Lipinski definition) is 2. The monoisotopic (exact) mass is 272 g/mol. The van der Waals surface area contributed by atoms with Crippen LogP contribution in [0.2, 0.25) is 5.02 Å². The Bertz CT molecular complexity index is 421. The van der Waals surface area contributed by atoms with E-state index < -0.39 is 6.10 Å². The van der Waals surface area contributed by atoms with Crippen molar-refractivity contribution in [1.29, 1.82) is 0 Å². The Morgan fingerprint density at radius 2 is 2.17 bits per heavy atom. The molecule has 0 radical (unpaired) electrons. The second kappa shape index (κ2) is 5.76. The number of halogens is 1. The van der Waals surface area contributed by atoms with Crippen LogP contribution in [-0.4, -0.2) is 28.2 Å². The Balaban J connectivity index is 2.49. The number of rotatable bonds is 4. The normalized spacial score (nSPS) is 13.4. The Hall–Kier alpha value is -1.00. The number of nitrogens with one attached hydrogen (secondary N) is 1. The van der Waals surface area contributed by atoms with Crippen molar-refractivity contribution < 1.29 is 9.90 Å². The molecule has 0 bridgehead atoms. The number of hydrogen-bond donors (Lipinski definition) is 2. The molecule has 4 nitrogen and oxygen atoms in total. The van der Waals surface area contributed by atoms with Gasteiger partial charge in [0, 0.05) is 19.8 Å². The quantitative estimate of drug-likeness (QED) is 0.883. The summed E-state index contributed by atoms with van der Waals surface area (Å²) in [7, 11) is 1.76. The van der Waals surface area contributed by atoms with Gasteiger partial charge in [-0.2, -0.15) is 0 Å². The minimum absolute atomic E-state index is 0.0401. The van der Waals surface area contributed by atoms with Crippen LogP contribution < -0.4 is 5.32 Å². The molecule has 0 saturated heterocycles. The van der Waals surface area contributed by atoms with Gasteiger partial charge in [0.1, 0.15) is 5.69 Å². The highest BCUT2D eigenvalue weighted by atomic mass is 35.5. The maximum absolute atomic E-state index is 11.8. The zero-order valence-electron chi connectivity index (χ0n) is 11.3. The maximum Gasteiger partial charge on any atom is 0.268 e. The predicted octanol–water partition coefficient (Wildman–Crippen LogP) is 2.21. The molecule has 2 N–H and O–H groups in total. The van der Waals surface area contributed by atoms with Crippen LogP contribution in [0.25, 0.3) is 0 Å². The molecule has 0 aliphatic heterocycles. The lowest BCUT2D eigenvalue weighted by Gasteiger charge is -2.22. The van der Waals surface area contributed by atoms with E-state index in [0.717, 1.165) is 0 Å². The van der Waals surface area contributed by atoms with Gasteiger partial charge in [-0.05, 0) is 17.9 Å². The van der Waals surface area contributed by atoms with Crippen LogP contribution in [0.5, 0.6) is 0 Å². The summed E-state index contributed by atoms with van der Waals surface area (Å²) in [4.78, 5) is 11.8. The van der Waals surface area contributed by atoms with E-state index in [4.69, 9.17) is 11.6 Å². The SMILES string of the molecule is Cn1cc(Cl)cc1C(=O)NCC(O)CC(C)(C)C. The fraction of sp³-hybridized carbons (Fsp3) is 0.615. The number of carbonyl (C=O) groups is 1. The minimum Gasteiger partial charge on any atom is -0.391 e. The molecule has 1 rings (SSSR count). The summed E-state index contributed by atoms with van der Waals surface area (Å²) in [6.07, 6.45) is 1.77. The molecule has 1 heterocycles. The lowest BCUT2D eigenvalue weighted by molar-refractivity contribution is 0.0861. The number of aryl methyl sites for hydroxylation is 1. The third kappa shape index (κ3) is 4.70. The van der Waals surface area contributed by atoms with Crippen LogP contribution in [0.4, 0.5) is 0 Å². The third-order valence-corrected chi connectivity index (χ3v) is 2.76. The largest absolute Gasteiger partial charge is 0.391 e. The summed E-state index contributed by atoms with van der Waals surface area (Å²) in [5.74, 6) is -0.225. The highest BCUT2D eigenvalue weighted by molar-refractivity contribution is 6.31. The molecule has 0 spiro atoms. The molecule has 0 aliphatic rings. The van der Waals surface area contributed by atoms with E-state index in [-0.39, 0.29) is 17.9 Å². The summed E-state index contributed by atoms with van der Waals surface area (Å²) >= 11 is 5.81. The second-order valence-corrected chi connectivity index (χ2v) is 6.22. The van der Waals surface area contributed by atoms with Crippen LogP contribution in [0.3, 0.4) is 0 Å². The van der Waals surface area contributed by atoms with Crippen LogP contribution in [0.1, 0.15) is 37.7 Å². The summed E-state index contributed by atoms with van der Waals surface area (Å²) in [6, 6.07) is 1.60. The molecule has 0 fully saturated rings. The van der Waals surface area contributed by atoms with E-state index >= 15 is 0 Å². The van der Waals surface area contributed by atoms with Gasteiger partial charge in [-0.25, -0.2) is 0 Å². The van der Waals surface area contributed by atoms with Gasteiger partial charge in [0.2, 0.25) is 0 Å². The van der Waals surface area contributed by atoms with Crippen molar-refractivity contribution in [3.8, 4) is 0 Å². The number of amides is 1. The molecule has 5 heteroatoms. The van der Waals surface area contributed by atoms with Crippen molar-refractivity contribution in [3.05, 3.63) is 23.0 Å². The Morgan fingerprint density at radius 3 is 2.61 bits per heavy atom. The molecule has 0 saturated carbocycles. The first kappa shape index (κ1) is 15.1. The number of carbonyl (C=O) groups excluding carboxylic acids is 1. The van der Waals surface area contributed by atoms with Gasteiger partial charge in [-0.15, -0.1) is 0 Å². The number of nitrogens with zero attached hydrogens (tertiary/aromatic N) is 1. The Kier molecular flexibility index (Phi) is 4.82. The number of aliphatic hydroxyl groups is 1. The van der Waals surface area contributed by atoms with E-state index in [0.29, 0.717) is 17.1 Å². The summed E-state index contributed by atoms with van der Waals surface area (Å²) in [5, 5.41) is 13.0. The van der Waals surface area contributed by atoms with Crippen LogP contribution in [0.15, 0.2) is 12.3 Å². The first-order valence-corrected chi connectivity index (χ1v) is 6.35. The van der Waals surface area contributed by atoms with Crippen LogP contribution in [0, 0.1) is 5.41 Å². The van der Waals surface area contributed by atoms with Crippen molar-refractivity contribution in [2.24, 2.45) is 12.5 Å². The van der Waals surface area contributed by atoms with Crippen LogP contribution in [-0.2, 0) is 7.05 Å². The van der Waals surface area contributed by atoms with Crippen LogP contribution >= 0.6 is 11.6 Å². The second-order valence-electron chi connectivity index (χ2n) is 5.78. The van der Waals surface area contributed by atoms with Crippen molar-refractivity contribution in [2.75, 3.05) is 6.54 Å². The molecule has 1 atom stereocenters. The molecule has 1 aromatic heterocycles. The lowest BCUT2D eigenvalue weighted by atomic mass is 9.89. The van der Waals surface area contributed by atoms with Gasteiger partial charge in [0.25, 0.3) is 5.91 Å². The zero-order valence-corrected chi connectivity index (χ0v) is 12.1. The van der Waals surface area contributed by atoms with Crippen molar-refractivity contribution in [3.63, 3.8) is 0 Å². The van der Waals surface area contributed by atoms with Gasteiger partial charge in [0.05, 0.1) is 11.1 Å². The van der Waals surface area contributed by atoms with E-state index in [9.17, 15) is 9.90 Å². The zero-order chi connectivity index (χ0) is 13.9.